The molecule has 3 unspecified atom stereocenters. The summed E-state index contributed by atoms with van der Waals surface area (Å²) in [6, 6.07) is 0. The van der Waals surface area contributed by atoms with Crippen molar-refractivity contribution in [2.75, 3.05) is 14.1 Å². The van der Waals surface area contributed by atoms with Crippen molar-refractivity contribution in [1.29, 1.82) is 0 Å². The Hall–Kier alpha value is -0.830. The topological polar surface area (TPSA) is 12.2 Å². The Labute approximate surface area is 139 Å². The highest BCUT2D eigenvalue weighted by molar-refractivity contribution is 5.81. The molecule has 2 nitrogen and oxygen atoms in total. The molecule has 21 heavy (non-hydrogen) atoms. The number of rotatable bonds is 2. The molecule has 0 radical (unpaired) electrons. The summed E-state index contributed by atoms with van der Waals surface area (Å²) < 4.78 is 8.11. The quantitative estimate of drug-likeness (QED) is 0.532. The van der Waals surface area contributed by atoms with Crippen LogP contribution in [0, 0.1) is 17.8 Å². The average Bonchev–Trinajstić information content (AvgIpc) is 2.94. The summed E-state index contributed by atoms with van der Waals surface area (Å²) in [5.74, 6) is 2.79. The fourth-order valence-electron chi connectivity index (χ4n) is 3.76. The molecule has 1 aliphatic heterocycles. The van der Waals surface area contributed by atoms with E-state index in [0.29, 0.717) is 17.8 Å². The Balaban J connectivity index is 0.00000161. The molecule has 0 spiro atoms. The van der Waals surface area contributed by atoms with E-state index in [0.717, 1.165) is 5.90 Å². The largest absolute Gasteiger partial charge is 1.00 e. The van der Waals surface area contributed by atoms with Crippen molar-refractivity contribution >= 4 is 5.90 Å². The molecule has 3 rings (SSSR count). The van der Waals surface area contributed by atoms with Gasteiger partial charge in [-0.25, -0.2) is 4.58 Å². The molecule has 116 valence electrons. The average molecular weight is 352 g/mol. The van der Waals surface area contributed by atoms with Crippen LogP contribution in [0.5, 0.6) is 0 Å². The first kappa shape index (κ1) is 16.5. The Morgan fingerprint density at radius 2 is 1.76 bits per heavy atom. The number of hydrogen-bond donors (Lipinski definition) is 0. The van der Waals surface area contributed by atoms with Gasteiger partial charge < -0.3 is 21.7 Å². The molecule has 1 heterocycles. The predicted molar refractivity (Wildman–Crippen MR) is 82.7 cm³/mol. The van der Waals surface area contributed by atoms with Crippen molar-refractivity contribution in [3.8, 4) is 0 Å². The zero-order valence-electron chi connectivity index (χ0n) is 13.1. The summed E-state index contributed by atoms with van der Waals surface area (Å²) in [5, 5.41) is 0. The number of allylic oxidation sites excluding steroid dienone is 4. The molecular formula is C18H26BrNO. The molecule has 0 amide bonds. The van der Waals surface area contributed by atoms with Crippen LogP contribution in [0.25, 0.3) is 0 Å². The Morgan fingerprint density at radius 3 is 2.33 bits per heavy atom. The van der Waals surface area contributed by atoms with Crippen LogP contribution in [0.4, 0.5) is 0 Å². The standard InChI is InChI=1S/C18H26NO.BrH/c1-19(2)18-17(15-11-7-4-8-12-15)16(13-20-18)14-9-5-3-6-10-14;/h5,7,9,11,13-15,17H,3-4,6,8,10,12H2,1-2H3;1H/q+1;/p-1. The van der Waals surface area contributed by atoms with Gasteiger partial charge in [0.2, 0.25) is 0 Å². The third-order valence-electron chi connectivity index (χ3n) is 4.78. The predicted octanol–water partition coefficient (Wildman–Crippen LogP) is 0.904. The Bertz CT molecular complexity index is 485. The molecule has 0 fully saturated rings. The van der Waals surface area contributed by atoms with Crippen molar-refractivity contribution in [3.05, 3.63) is 36.1 Å². The van der Waals surface area contributed by atoms with Crippen molar-refractivity contribution in [1.82, 2.24) is 0 Å². The van der Waals surface area contributed by atoms with Gasteiger partial charge in [0, 0.05) is 5.92 Å². The van der Waals surface area contributed by atoms with Gasteiger partial charge in [-0.05, 0) is 50.0 Å². The lowest BCUT2D eigenvalue weighted by molar-refractivity contribution is -0.475. The van der Waals surface area contributed by atoms with Crippen LogP contribution in [-0.4, -0.2) is 24.6 Å². The summed E-state index contributed by atoms with van der Waals surface area (Å²) in [6.07, 6.45) is 19.2. The molecule has 0 N–H and O–H groups in total. The SMILES string of the molecule is C[N+](C)=C1OC=C(C2C=CCCC2)C1C1C=CCCC1.[Br-]. The van der Waals surface area contributed by atoms with Gasteiger partial charge in [0.05, 0.1) is 6.26 Å². The van der Waals surface area contributed by atoms with Gasteiger partial charge in [-0.2, -0.15) is 0 Å². The van der Waals surface area contributed by atoms with Crippen molar-refractivity contribution in [3.63, 3.8) is 0 Å². The monoisotopic (exact) mass is 351 g/mol. The third-order valence-corrected chi connectivity index (χ3v) is 4.78. The summed E-state index contributed by atoms with van der Waals surface area (Å²) in [7, 11) is 4.20. The fraction of sp³-hybridized carbons (Fsp3) is 0.611. The highest BCUT2D eigenvalue weighted by Crippen LogP contribution is 2.40. The zero-order chi connectivity index (χ0) is 13.9. The number of ether oxygens (including phenoxy) is 1. The minimum absolute atomic E-state index is 0. The normalized spacial score (nSPS) is 31.4. The lowest BCUT2D eigenvalue weighted by Gasteiger charge is -2.27. The second kappa shape index (κ2) is 7.44. The zero-order valence-corrected chi connectivity index (χ0v) is 14.7. The summed E-state index contributed by atoms with van der Waals surface area (Å²) in [6.45, 7) is 0. The van der Waals surface area contributed by atoms with Crippen LogP contribution in [0.15, 0.2) is 36.1 Å². The molecule has 0 bridgehead atoms. The van der Waals surface area contributed by atoms with Crippen LogP contribution in [-0.2, 0) is 4.74 Å². The summed E-state index contributed by atoms with van der Waals surface area (Å²) in [5.41, 5.74) is 1.50. The number of halogens is 1. The molecular weight excluding hydrogens is 326 g/mol. The molecule has 2 aliphatic carbocycles. The van der Waals surface area contributed by atoms with E-state index in [-0.39, 0.29) is 17.0 Å². The highest BCUT2D eigenvalue weighted by Gasteiger charge is 2.41. The third kappa shape index (κ3) is 3.50. The van der Waals surface area contributed by atoms with Gasteiger partial charge in [0.15, 0.2) is 0 Å². The van der Waals surface area contributed by atoms with Gasteiger partial charge in [0.25, 0.3) is 0 Å². The second-order valence-electron chi connectivity index (χ2n) is 6.43. The van der Waals surface area contributed by atoms with E-state index < -0.39 is 0 Å². The molecule has 0 saturated heterocycles. The minimum Gasteiger partial charge on any atom is -1.00 e. The van der Waals surface area contributed by atoms with Gasteiger partial charge >= 0.3 is 5.90 Å². The molecule has 3 atom stereocenters. The van der Waals surface area contributed by atoms with Crippen LogP contribution >= 0.6 is 0 Å². The first-order chi connectivity index (χ1) is 9.77. The van der Waals surface area contributed by atoms with E-state index in [2.05, 4.69) is 43.0 Å². The minimum atomic E-state index is 0. The maximum atomic E-state index is 5.96. The lowest BCUT2D eigenvalue weighted by atomic mass is 9.75. The van der Waals surface area contributed by atoms with E-state index in [1.807, 2.05) is 6.26 Å². The summed E-state index contributed by atoms with van der Waals surface area (Å²) in [4.78, 5) is 0. The van der Waals surface area contributed by atoms with Crippen LogP contribution < -0.4 is 17.0 Å². The Morgan fingerprint density at radius 1 is 1.05 bits per heavy atom. The molecule has 0 aromatic rings. The van der Waals surface area contributed by atoms with Crippen molar-refractivity contribution < 1.29 is 26.3 Å². The van der Waals surface area contributed by atoms with E-state index in [1.54, 1.807) is 0 Å². The molecule has 0 aromatic carbocycles. The van der Waals surface area contributed by atoms with Gasteiger partial charge in [-0.1, -0.05) is 24.3 Å². The Kier molecular flexibility index (Phi) is 5.86. The maximum absolute atomic E-state index is 5.96. The van der Waals surface area contributed by atoms with E-state index >= 15 is 0 Å². The van der Waals surface area contributed by atoms with Crippen molar-refractivity contribution in [2.45, 2.75) is 38.5 Å². The highest BCUT2D eigenvalue weighted by atomic mass is 79.9. The number of hydrogen-bond acceptors (Lipinski definition) is 1. The summed E-state index contributed by atoms with van der Waals surface area (Å²) >= 11 is 0. The molecule has 3 aliphatic rings. The van der Waals surface area contributed by atoms with Gasteiger partial charge in [-0.3, -0.25) is 0 Å². The van der Waals surface area contributed by atoms with E-state index in [4.69, 9.17) is 4.74 Å². The molecule has 3 heteroatoms. The van der Waals surface area contributed by atoms with Crippen LogP contribution in [0.3, 0.4) is 0 Å². The van der Waals surface area contributed by atoms with Gasteiger partial charge in [-0.15, -0.1) is 0 Å². The second-order valence-corrected chi connectivity index (χ2v) is 6.43. The smallest absolute Gasteiger partial charge is 0.348 e. The first-order valence-electron chi connectivity index (χ1n) is 8.01. The van der Waals surface area contributed by atoms with Gasteiger partial charge in [0.1, 0.15) is 20.0 Å². The van der Waals surface area contributed by atoms with E-state index in [9.17, 15) is 0 Å². The molecule has 0 saturated carbocycles. The lowest BCUT2D eigenvalue weighted by Crippen LogP contribution is -3.00. The van der Waals surface area contributed by atoms with Crippen LogP contribution in [0.1, 0.15) is 38.5 Å². The first-order valence-corrected chi connectivity index (χ1v) is 8.01. The van der Waals surface area contributed by atoms with Crippen molar-refractivity contribution in [2.24, 2.45) is 17.8 Å². The maximum Gasteiger partial charge on any atom is 0.348 e. The number of nitrogens with zero attached hydrogens (tertiary/aromatic N) is 1. The molecule has 0 aromatic heterocycles. The fourth-order valence-corrected chi connectivity index (χ4v) is 3.76. The van der Waals surface area contributed by atoms with Crippen LogP contribution in [0.2, 0.25) is 0 Å². The van der Waals surface area contributed by atoms with E-state index in [1.165, 1.54) is 44.1 Å².